The average molecular weight is 436 g/mol. The van der Waals surface area contributed by atoms with E-state index in [0.717, 1.165) is 61.8 Å². The number of nitrogens with zero attached hydrogens (tertiary/aromatic N) is 3. The Morgan fingerprint density at radius 3 is 2.32 bits per heavy atom. The molecule has 1 saturated carbocycles. The molecule has 0 unspecified atom stereocenters. The minimum atomic E-state index is -3.61. The van der Waals surface area contributed by atoms with Crippen LogP contribution in [0.5, 0.6) is 0 Å². The Labute approximate surface area is 184 Å². The summed E-state index contributed by atoms with van der Waals surface area (Å²) < 4.78 is 31.2. The third kappa shape index (κ3) is 3.83. The highest BCUT2D eigenvalue weighted by Crippen LogP contribution is 2.33. The molecule has 5 nitrogen and oxygen atoms in total. The van der Waals surface area contributed by atoms with Crippen LogP contribution in [0.25, 0.3) is 11.1 Å². The van der Waals surface area contributed by atoms with Gasteiger partial charge in [0.15, 0.2) is 0 Å². The second-order valence-corrected chi connectivity index (χ2v) is 10.6. The lowest BCUT2D eigenvalue weighted by molar-refractivity contribution is 0.311. The molecule has 2 aliphatic carbocycles. The fourth-order valence-electron chi connectivity index (χ4n) is 5.16. The summed E-state index contributed by atoms with van der Waals surface area (Å²) in [6.45, 7) is 0.372. The van der Waals surface area contributed by atoms with E-state index in [1.54, 1.807) is 16.4 Å². The van der Waals surface area contributed by atoms with E-state index in [4.69, 9.17) is 5.10 Å². The third-order valence-corrected chi connectivity index (χ3v) is 8.72. The predicted octanol–water partition coefficient (Wildman–Crippen LogP) is 4.71. The molecule has 3 aromatic rings. The Kier molecular flexibility index (Phi) is 5.44. The number of hydrogen-bond donors (Lipinski definition) is 0. The highest BCUT2D eigenvalue weighted by atomic mass is 32.2. The number of rotatable bonds is 6. The van der Waals surface area contributed by atoms with E-state index in [9.17, 15) is 8.42 Å². The molecule has 2 aromatic carbocycles. The third-order valence-electron chi connectivity index (χ3n) is 6.80. The van der Waals surface area contributed by atoms with Gasteiger partial charge in [-0.05, 0) is 60.9 Å². The van der Waals surface area contributed by atoms with Gasteiger partial charge in [0, 0.05) is 18.8 Å². The fraction of sp³-hybridized carbons (Fsp3) is 0.400. The molecule has 1 aromatic heterocycles. The van der Waals surface area contributed by atoms with Crippen molar-refractivity contribution in [1.29, 1.82) is 0 Å². The van der Waals surface area contributed by atoms with Crippen LogP contribution in [0.15, 0.2) is 59.5 Å². The number of sulfonamides is 1. The van der Waals surface area contributed by atoms with Crippen molar-refractivity contribution in [1.82, 2.24) is 14.1 Å². The molecular weight excluding hydrogens is 406 g/mol. The first-order valence-electron chi connectivity index (χ1n) is 11.2. The normalized spacial score (nSPS) is 16.8. The smallest absolute Gasteiger partial charge is 0.243 e. The minimum absolute atomic E-state index is 0.0536. The van der Waals surface area contributed by atoms with Crippen LogP contribution in [0, 0.1) is 0 Å². The summed E-state index contributed by atoms with van der Waals surface area (Å²) in [6.07, 6.45) is 7.20. The molecule has 0 amide bonds. The Morgan fingerprint density at radius 1 is 0.935 bits per heavy atom. The molecule has 0 aliphatic heterocycles. The Hall–Kier alpha value is -2.44. The van der Waals surface area contributed by atoms with Crippen molar-refractivity contribution in [2.45, 2.75) is 62.4 Å². The summed E-state index contributed by atoms with van der Waals surface area (Å²) in [5, 5.41) is 4.71. The van der Waals surface area contributed by atoms with Crippen LogP contribution in [0.1, 0.15) is 49.1 Å². The molecule has 0 bridgehead atoms. The molecule has 6 heteroatoms. The van der Waals surface area contributed by atoms with Crippen LogP contribution >= 0.6 is 0 Å². The van der Waals surface area contributed by atoms with E-state index in [2.05, 4.69) is 0 Å². The number of hydrogen-bond acceptors (Lipinski definition) is 3. The summed E-state index contributed by atoms with van der Waals surface area (Å²) in [7, 11) is -1.63. The van der Waals surface area contributed by atoms with Crippen molar-refractivity contribution < 1.29 is 8.42 Å². The Bertz CT molecular complexity index is 1160. The first kappa shape index (κ1) is 20.5. The number of benzene rings is 2. The van der Waals surface area contributed by atoms with Crippen molar-refractivity contribution >= 4 is 10.0 Å². The molecule has 2 aliphatic rings. The number of aromatic nitrogens is 2. The SMILES string of the molecule is Cn1nc(CN(C2CCCC2)S(=O)(=O)c2ccc(-c3ccccc3)cc2)c2c1CCC2. The fourth-order valence-corrected chi connectivity index (χ4v) is 6.81. The summed E-state index contributed by atoms with van der Waals surface area (Å²) in [6, 6.07) is 17.4. The van der Waals surface area contributed by atoms with Crippen LogP contribution in [-0.4, -0.2) is 28.5 Å². The van der Waals surface area contributed by atoms with Crippen LogP contribution in [0.2, 0.25) is 0 Å². The van der Waals surface area contributed by atoms with Gasteiger partial charge in [-0.1, -0.05) is 55.3 Å². The maximum atomic E-state index is 13.8. The highest BCUT2D eigenvalue weighted by molar-refractivity contribution is 7.89. The summed E-state index contributed by atoms with van der Waals surface area (Å²) in [5.41, 5.74) is 5.58. The highest BCUT2D eigenvalue weighted by Gasteiger charge is 2.35. The summed E-state index contributed by atoms with van der Waals surface area (Å²) >= 11 is 0. The predicted molar refractivity (Wildman–Crippen MR) is 122 cm³/mol. The van der Waals surface area contributed by atoms with E-state index in [1.807, 2.05) is 54.2 Å². The van der Waals surface area contributed by atoms with Gasteiger partial charge in [-0.3, -0.25) is 4.68 Å². The van der Waals surface area contributed by atoms with Crippen molar-refractivity contribution in [3.8, 4) is 11.1 Å². The molecule has 0 radical (unpaired) electrons. The summed E-state index contributed by atoms with van der Waals surface area (Å²) in [4.78, 5) is 0.367. The second kappa shape index (κ2) is 8.24. The van der Waals surface area contributed by atoms with E-state index < -0.39 is 10.0 Å². The lowest BCUT2D eigenvalue weighted by Crippen LogP contribution is -2.38. The minimum Gasteiger partial charge on any atom is -0.272 e. The first-order valence-corrected chi connectivity index (χ1v) is 12.7. The zero-order chi connectivity index (χ0) is 21.4. The van der Waals surface area contributed by atoms with Crippen LogP contribution in [-0.2, 0) is 36.5 Å². The van der Waals surface area contributed by atoms with Crippen LogP contribution in [0.3, 0.4) is 0 Å². The molecule has 1 fully saturated rings. The lowest BCUT2D eigenvalue weighted by atomic mass is 10.1. The molecule has 31 heavy (non-hydrogen) atoms. The molecule has 1 heterocycles. The molecule has 0 saturated heterocycles. The first-order chi connectivity index (χ1) is 15.0. The van der Waals surface area contributed by atoms with E-state index in [0.29, 0.717) is 11.4 Å². The van der Waals surface area contributed by atoms with Crippen molar-refractivity contribution in [3.63, 3.8) is 0 Å². The van der Waals surface area contributed by atoms with Crippen molar-refractivity contribution in [3.05, 3.63) is 71.5 Å². The van der Waals surface area contributed by atoms with Gasteiger partial charge >= 0.3 is 0 Å². The van der Waals surface area contributed by atoms with Gasteiger partial charge in [0.2, 0.25) is 10.0 Å². The van der Waals surface area contributed by atoms with Gasteiger partial charge in [0.05, 0.1) is 17.1 Å². The second-order valence-electron chi connectivity index (χ2n) is 8.73. The van der Waals surface area contributed by atoms with E-state index >= 15 is 0 Å². The van der Waals surface area contributed by atoms with Gasteiger partial charge in [-0.15, -0.1) is 0 Å². The van der Waals surface area contributed by atoms with Gasteiger partial charge in [-0.25, -0.2) is 8.42 Å². The van der Waals surface area contributed by atoms with Gasteiger partial charge < -0.3 is 0 Å². The molecule has 162 valence electrons. The van der Waals surface area contributed by atoms with E-state index in [1.165, 1.54) is 11.3 Å². The van der Waals surface area contributed by atoms with Crippen LogP contribution in [0.4, 0.5) is 0 Å². The molecular formula is C25H29N3O2S. The summed E-state index contributed by atoms with van der Waals surface area (Å²) in [5.74, 6) is 0. The molecule has 0 spiro atoms. The van der Waals surface area contributed by atoms with E-state index in [-0.39, 0.29) is 6.04 Å². The number of fused-ring (bicyclic) bond motifs is 1. The largest absolute Gasteiger partial charge is 0.272 e. The lowest BCUT2D eigenvalue weighted by Gasteiger charge is -2.28. The zero-order valence-corrected chi connectivity index (χ0v) is 18.8. The Balaban J connectivity index is 1.48. The number of aryl methyl sites for hydroxylation is 1. The topological polar surface area (TPSA) is 55.2 Å². The molecule has 0 atom stereocenters. The van der Waals surface area contributed by atoms with Crippen molar-refractivity contribution in [2.75, 3.05) is 0 Å². The van der Waals surface area contributed by atoms with Gasteiger partial charge in [0.25, 0.3) is 0 Å². The van der Waals surface area contributed by atoms with Crippen molar-refractivity contribution in [2.24, 2.45) is 7.05 Å². The van der Waals surface area contributed by atoms with Gasteiger partial charge in [-0.2, -0.15) is 9.40 Å². The monoisotopic (exact) mass is 435 g/mol. The standard InChI is InChI=1S/C25H29N3O2S/c1-27-25-13-7-12-23(25)24(26-27)18-28(21-10-5-6-11-21)31(29,30)22-16-14-20(15-17-22)19-8-3-2-4-9-19/h2-4,8-9,14-17,21H,5-7,10-13,18H2,1H3. The Morgan fingerprint density at radius 2 is 1.61 bits per heavy atom. The maximum absolute atomic E-state index is 13.8. The van der Waals surface area contributed by atoms with Crippen LogP contribution < -0.4 is 0 Å². The average Bonchev–Trinajstić information content (AvgIpc) is 3.53. The maximum Gasteiger partial charge on any atom is 0.243 e. The molecule has 0 N–H and O–H groups in total. The zero-order valence-electron chi connectivity index (χ0n) is 18.0. The molecule has 5 rings (SSSR count). The van der Waals surface area contributed by atoms with Gasteiger partial charge in [0.1, 0.15) is 0 Å². The quantitative estimate of drug-likeness (QED) is 0.563.